The number of nitrogens with two attached hydrogens (primary N) is 1. The lowest BCUT2D eigenvalue weighted by atomic mass is 10.2. The molecule has 2 N–H and O–H groups in total. The van der Waals surface area contributed by atoms with Crippen LogP contribution in [0.3, 0.4) is 0 Å². The third kappa shape index (κ3) is 2.17. The summed E-state index contributed by atoms with van der Waals surface area (Å²) in [6, 6.07) is 0.800. The van der Waals surface area contributed by atoms with Crippen LogP contribution < -0.4 is 10.6 Å². The quantitative estimate of drug-likeness (QED) is 0.820. The number of rotatable bonds is 1. The zero-order chi connectivity index (χ0) is 12.6. The molecule has 1 aliphatic rings. The largest absolute Gasteiger partial charge is 0.420 e. The maximum Gasteiger partial charge on any atom is 0.420 e. The van der Waals surface area contributed by atoms with Gasteiger partial charge in [-0.3, -0.25) is 9.69 Å². The van der Waals surface area contributed by atoms with Gasteiger partial charge in [-0.05, 0) is 12.5 Å². The fourth-order valence-electron chi connectivity index (χ4n) is 1.77. The molecule has 1 saturated heterocycles. The number of hydrogen-bond acceptors (Lipinski definition) is 3. The third-order valence-electron chi connectivity index (χ3n) is 2.52. The maximum atomic E-state index is 12.8. The molecule has 2 rings (SSSR count). The highest BCUT2D eigenvalue weighted by molar-refractivity contribution is 5.95. The standard InChI is InChI=1S/C10H10F3N3O/c11-10(12,13)7-4-6(14)5-15-9(7)16-3-1-2-8(16)17/h4-5H,1-3,14H2. The Labute approximate surface area is 95.2 Å². The van der Waals surface area contributed by atoms with Crippen molar-refractivity contribution in [2.24, 2.45) is 0 Å². The zero-order valence-electron chi connectivity index (χ0n) is 8.79. The summed E-state index contributed by atoms with van der Waals surface area (Å²) in [5, 5.41) is 0. The highest BCUT2D eigenvalue weighted by Crippen LogP contribution is 2.37. The Hall–Kier alpha value is -1.79. The van der Waals surface area contributed by atoms with E-state index in [4.69, 9.17) is 5.73 Å². The highest BCUT2D eigenvalue weighted by atomic mass is 19.4. The number of carbonyl (C=O) groups excluding carboxylic acids is 1. The molecule has 0 radical (unpaired) electrons. The maximum absolute atomic E-state index is 12.8. The van der Waals surface area contributed by atoms with Crippen molar-refractivity contribution in [1.82, 2.24) is 4.98 Å². The summed E-state index contributed by atoms with van der Waals surface area (Å²) in [5.41, 5.74) is 4.25. The molecule has 1 amide bonds. The van der Waals surface area contributed by atoms with Crippen LogP contribution in [0.1, 0.15) is 18.4 Å². The minimum absolute atomic E-state index is 0.0762. The molecular weight excluding hydrogens is 235 g/mol. The molecule has 92 valence electrons. The molecule has 0 aromatic carbocycles. The molecule has 0 saturated carbocycles. The van der Waals surface area contributed by atoms with Crippen molar-refractivity contribution < 1.29 is 18.0 Å². The predicted octanol–water partition coefficient (Wildman–Crippen LogP) is 1.81. The van der Waals surface area contributed by atoms with Crippen LogP contribution in [0.25, 0.3) is 0 Å². The zero-order valence-corrected chi connectivity index (χ0v) is 8.79. The second kappa shape index (κ2) is 3.90. The number of alkyl halides is 3. The van der Waals surface area contributed by atoms with E-state index < -0.39 is 11.7 Å². The van der Waals surface area contributed by atoms with Gasteiger partial charge in [0, 0.05) is 13.0 Å². The molecule has 1 aromatic rings. The minimum Gasteiger partial charge on any atom is -0.397 e. The number of amides is 1. The summed E-state index contributed by atoms with van der Waals surface area (Å²) >= 11 is 0. The van der Waals surface area contributed by atoms with Gasteiger partial charge in [-0.15, -0.1) is 0 Å². The van der Waals surface area contributed by atoms with E-state index in [1.807, 2.05) is 0 Å². The van der Waals surface area contributed by atoms with Gasteiger partial charge in [0.2, 0.25) is 5.91 Å². The first-order valence-electron chi connectivity index (χ1n) is 5.02. The monoisotopic (exact) mass is 245 g/mol. The molecule has 0 spiro atoms. The molecule has 1 fully saturated rings. The highest BCUT2D eigenvalue weighted by Gasteiger charge is 2.38. The van der Waals surface area contributed by atoms with Gasteiger partial charge in [0.1, 0.15) is 11.4 Å². The second-order valence-corrected chi connectivity index (χ2v) is 3.79. The lowest BCUT2D eigenvalue weighted by Crippen LogP contribution is -2.28. The van der Waals surface area contributed by atoms with E-state index in [-0.39, 0.29) is 30.4 Å². The van der Waals surface area contributed by atoms with Gasteiger partial charge in [-0.2, -0.15) is 13.2 Å². The number of pyridine rings is 1. The molecule has 0 aliphatic carbocycles. The number of carbonyl (C=O) groups is 1. The van der Waals surface area contributed by atoms with E-state index in [1.165, 1.54) is 0 Å². The Morgan fingerprint density at radius 1 is 1.41 bits per heavy atom. The number of halogens is 3. The first-order chi connectivity index (χ1) is 7.89. The number of aromatic nitrogens is 1. The first-order valence-corrected chi connectivity index (χ1v) is 5.02. The van der Waals surface area contributed by atoms with Gasteiger partial charge in [-0.1, -0.05) is 0 Å². The predicted molar refractivity (Wildman–Crippen MR) is 55.2 cm³/mol. The Kier molecular flexibility index (Phi) is 2.68. The van der Waals surface area contributed by atoms with Crippen LogP contribution in [0.4, 0.5) is 24.7 Å². The molecule has 17 heavy (non-hydrogen) atoms. The Bertz CT molecular complexity index is 459. The Morgan fingerprint density at radius 3 is 2.65 bits per heavy atom. The molecule has 4 nitrogen and oxygen atoms in total. The van der Waals surface area contributed by atoms with Crippen LogP contribution >= 0.6 is 0 Å². The summed E-state index contributed by atoms with van der Waals surface area (Å²) in [4.78, 5) is 16.1. The van der Waals surface area contributed by atoms with Gasteiger partial charge < -0.3 is 5.73 Å². The SMILES string of the molecule is Nc1cnc(N2CCCC2=O)c(C(F)(F)F)c1. The molecule has 1 aromatic heterocycles. The van der Waals surface area contributed by atoms with Crippen LogP contribution in [0.5, 0.6) is 0 Å². The summed E-state index contributed by atoms with van der Waals surface area (Å²) < 4.78 is 38.3. The summed E-state index contributed by atoms with van der Waals surface area (Å²) in [7, 11) is 0. The fraction of sp³-hybridized carbons (Fsp3) is 0.400. The number of hydrogen-bond donors (Lipinski definition) is 1. The van der Waals surface area contributed by atoms with Gasteiger partial charge in [-0.25, -0.2) is 4.98 Å². The molecule has 1 aliphatic heterocycles. The molecular formula is C10H10F3N3O. The van der Waals surface area contributed by atoms with Crippen molar-refractivity contribution in [1.29, 1.82) is 0 Å². The van der Waals surface area contributed by atoms with E-state index in [0.29, 0.717) is 6.42 Å². The van der Waals surface area contributed by atoms with Crippen molar-refractivity contribution in [3.05, 3.63) is 17.8 Å². The third-order valence-corrected chi connectivity index (χ3v) is 2.52. The average Bonchev–Trinajstić information content (AvgIpc) is 2.63. The van der Waals surface area contributed by atoms with E-state index >= 15 is 0 Å². The molecule has 0 bridgehead atoms. The van der Waals surface area contributed by atoms with E-state index in [9.17, 15) is 18.0 Å². The molecule has 7 heteroatoms. The minimum atomic E-state index is -4.57. The first kappa shape index (κ1) is 11.7. The fourth-order valence-corrected chi connectivity index (χ4v) is 1.77. The smallest absolute Gasteiger partial charge is 0.397 e. The lowest BCUT2D eigenvalue weighted by molar-refractivity contribution is -0.137. The summed E-state index contributed by atoms with van der Waals surface area (Å²) in [6.07, 6.45) is -2.65. The number of nitrogen functional groups attached to an aromatic ring is 1. The van der Waals surface area contributed by atoms with Gasteiger partial charge >= 0.3 is 6.18 Å². The van der Waals surface area contributed by atoms with Crippen molar-refractivity contribution >= 4 is 17.4 Å². The van der Waals surface area contributed by atoms with Gasteiger partial charge in [0.15, 0.2) is 0 Å². The molecule has 0 atom stereocenters. The lowest BCUT2D eigenvalue weighted by Gasteiger charge is -2.19. The van der Waals surface area contributed by atoms with Crippen molar-refractivity contribution in [2.75, 3.05) is 17.2 Å². The van der Waals surface area contributed by atoms with Crippen LogP contribution in [-0.4, -0.2) is 17.4 Å². The van der Waals surface area contributed by atoms with Crippen LogP contribution in [0.2, 0.25) is 0 Å². The molecule has 0 unspecified atom stereocenters. The summed E-state index contributed by atoms with van der Waals surface area (Å²) in [6.45, 7) is 0.263. The second-order valence-electron chi connectivity index (χ2n) is 3.79. The van der Waals surface area contributed by atoms with Gasteiger partial charge in [0.25, 0.3) is 0 Å². The van der Waals surface area contributed by atoms with Crippen LogP contribution in [0.15, 0.2) is 12.3 Å². The van der Waals surface area contributed by atoms with Crippen molar-refractivity contribution in [3.63, 3.8) is 0 Å². The Balaban J connectivity index is 2.50. The van der Waals surface area contributed by atoms with E-state index in [2.05, 4.69) is 4.98 Å². The number of nitrogens with zero attached hydrogens (tertiary/aromatic N) is 2. The molecule has 2 heterocycles. The topological polar surface area (TPSA) is 59.2 Å². The van der Waals surface area contributed by atoms with Crippen LogP contribution in [-0.2, 0) is 11.0 Å². The normalized spacial score (nSPS) is 16.6. The van der Waals surface area contributed by atoms with E-state index in [0.717, 1.165) is 17.2 Å². The van der Waals surface area contributed by atoms with Gasteiger partial charge in [0.05, 0.1) is 11.9 Å². The Morgan fingerprint density at radius 2 is 2.12 bits per heavy atom. The van der Waals surface area contributed by atoms with E-state index in [1.54, 1.807) is 0 Å². The summed E-state index contributed by atoms with van der Waals surface area (Å²) in [5.74, 6) is -0.693. The number of anilines is 2. The van der Waals surface area contributed by atoms with Crippen molar-refractivity contribution in [2.45, 2.75) is 19.0 Å². The van der Waals surface area contributed by atoms with Crippen molar-refractivity contribution in [3.8, 4) is 0 Å². The van der Waals surface area contributed by atoms with Crippen LogP contribution in [0, 0.1) is 0 Å². The average molecular weight is 245 g/mol.